The highest BCUT2D eigenvalue weighted by Crippen LogP contribution is 2.24. The molecule has 0 radical (unpaired) electrons. The van der Waals surface area contributed by atoms with Crippen molar-refractivity contribution in [2.45, 2.75) is 49.1 Å². The molecular formula is C31H35N3O4S. The maximum absolute atomic E-state index is 12.5. The fourth-order valence-electron chi connectivity index (χ4n) is 4.97. The second kappa shape index (κ2) is 13.4. The van der Waals surface area contributed by atoms with Crippen LogP contribution in [0.15, 0.2) is 83.8 Å². The molecule has 0 bridgehead atoms. The van der Waals surface area contributed by atoms with Gasteiger partial charge in [0.25, 0.3) is 0 Å². The first-order valence-electron chi connectivity index (χ1n) is 13.3. The van der Waals surface area contributed by atoms with Gasteiger partial charge in [0.1, 0.15) is 0 Å². The van der Waals surface area contributed by atoms with E-state index < -0.39 is 16.0 Å². The Balaban J connectivity index is 0.000000212. The summed E-state index contributed by atoms with van der Waals surface area (Å²) in [6.07, 6.45) is 10.6. The molecule has 0 spiro atoms. The van der Waals surface area contributed by atoms with Crippen LogP contribution in [0.2, 0.25) is 0 Å². The van der Waals surface area contributed by atoms with Crippen LogP contribution in [-0.4, -0.2) is 50.1 Å². The maximum atomic E-state index is 12.5. The van der Waals surface area contributed by atoms with Crippen LogP contribution in [-0.2, 0) is 10.0 Å². The van der Waals surface area contributed by atoms with Crippen LogP contribution < -0.4 is 10.0 Å². The fraction of sp³-hybridized carbons (Fsp3) is 0.323. The minimum absolute atomic E-state index is 0.0296. The Labute approximate surface area is 231 Å². The van der Waals surface area contributed by atoms with Crippen LogP contribution in [0.3, 0.4) is 0 Å². The molecule has 1 saturated heterocycles. The number of hydrogen-bond acceptors (Lipinski definition) is 5. The van der Waals surface area contributed by atoms with Gasteiger partial charge in [-0.1, -0.05) is 80.3 Å². The van der Waals surface area contributed by atoms with Gasteiger partial charge in [0.15, 0.2) is 0 Å². The zero-order chi connectivity index (χ0) is 27.7. The number of aromatic carboxylic acids is 1. The number of hydrogen-bond donors (Lipinski definition) is 3. The zero-order valence-corrected chi connectivity index (χ0v) is 22.7. The largest absolute Gasteiger partial charge is 0.478 e. The van der Waals surface area contributed by atoms with Gasteiger partial charge in [0.05, 0.1) is 16.5 Å². The number of nitrogens with zero attached hydrogens (tertiary/aromatic N) is 1. The molecule has 8 heteroatoms. The molecule has 2 fully saturated rings. The third-order valence-corrected chi connectivity index (χ3v) is 8.69. The van der Waals surface area contributed by atoms with Crippen LogP contribution in [0.5, 0.6) is 0 Å². The molecule has 3 aromatic carbocycles. The van der Waals surface area contributed by atoms with Crippen LogP contribution in [0.4, 0.5) is 0 Å². The average molecular weight is 546 g/mol. The highest BCUT2D eigenvalue weighted by molar-refractivity contribution is 7.89. The smallest absolute Gasteiger partial charge is 0.335 e. The molecule has 3 aromatic rings. The average Bonchev–Trinajstić information content (AvgIpc) is 2.98. The highest BCUT2D eigenvalue weighted by atomic mass is 32.2. The van der Waals surface area contributed by atoms with E-state index in [4.69, 9.17) is 11.5 Å². The van der Waals surface area contributed by atoms with Gasteiger partial charge in [-0.15, -0.1) is 0 Å². The number of rotatable bonds is 6. The van der Waals surface area contributed by atoms with Crippen molar-refractivity contribution in [3.8, 4) is 23.6 Å². The van der Waals surface area contributed by atoms with E-state index in [1.165, 1.54) is 24.1 Å². The molecule has 1 aliphatic carbocycles. The first-order valence-corrected chi connectivity index (χ1v) is 14.8. The van der Waals surface area contributed by atoms with E-state index in [0.717, 1.165) is 56.4 Å². The Morgan fingerprint density at radius 2 is 1.54 bits per heavy atom. The standard InChI is InChI=1S/C19H21NO4S.C12H14N2/c21-19(22)16-8-6-14(7-9-16)15-10-12-18(13-11-15)25(23,24)20-17-4-2-1-3-5-17;1-2-14-9-8-13-10-12(14)11-6-4-3-5-7-11/h6-13,17,20H,1-5H2,(H,21,22);1,3-7,12-13H,8-10H2/t;12-/m.1/s1. The van der Waals surface area contributed by atoms with E-state index in [9.17, 15) is 13.2 Å². The van der Waals surface area contributed by atoms with Crippen molar-refractivity contribution in [1.82, 2.24) is 14.9 Å². The van der Waals surface area contributed by atoms with E-state index in [0.29, 0.717) is 6.04 Å². The number of carbonyl (C=O) groups is 1. The summed E-state index contributed by atoms with van der Waals surface area (Å²) in [6.45, 7) is 2.85. The van der Waals surface area contributed by atoms with Crippen molar-refractivity contribution in [2.24, 2.45) is 0 Å². The number of carboxylic acids is 1. The molecule has 0 aromatic heterocycles. The lowest BCUT2D eigenvalue weighted by atomic mass is 9.96. The van der Waals surface area contributed by atoms with Crippen molar-refractivity contribution in [3.63, 3.8) is 0 Å². The lowest BCUT2D eigenvalue weighted by Gasteiger charge is -2.33. The number of piperazine rings is 1. The van der Waals surface area contributed by atoms with E-state index in [-0.39, 0.29) is 16.5 Å². The predicted molar refractivity (Wildman–Crippen MR) is 154 cm³/mol. The number of terminal acetylenes is 1. The minimum Gasteiger partial charge on any atom is -0.478 e. The molecule has 1 saturated carbocycles. The molecule has 7 nitrogen and oxygen atoms in total. The van der Waals surface area contributed by atoms with Crippen LogP contribution in [0.25, 0.3) is 11.1 Å². The number of sulfonamides is 1. The van der Waals surface area contributed by atoms with E-state index in [2.05, 4.69) is 45.2 Å². The van der Waals surface area contributed by atoms with Gasteiger partial charge in [-0.05, 0) is 53.8 Å². The van der Waals surface area contributed by atoms with Crippen molar-refractivity contribution < 1.29 is 18.3 Å². The molecule has 2 aliphatic rings. The summed E-state index contributed by atoms with van der Waals surface area (Å²) in [5, 5.41) is 12.3. The lowest BCUT2D eigenvalue weighted by Crippen LogP contribution is -2.43. The van der Waals surface area contributed by atoms with Crippen LogP contribution in [0.1, 0.15) is 54.1 Å². The molecule has 3 N–H and O–H groups in total. The normalized spacial score (nSPS) is 17.9. The van der Waals surface area contributed by atoms with Crippen molar-refractivity contribution in [1.29, 1.82) is 0 Å². The number of benzene rings is 3. The number of nitrogens with one attached hydrogen (secondary N) is 2. The molecular weight excluding hydrogens is 510 g/mol. The summed E-state index contributed by atoms with van der Waals surface area (Å²) in [5.74, 6) is -0.971. The summed E-state index contributed by atoms with van der Waals surface area (Å²) in [4.78, 5) is 13.2. The molecule has 1 heterocycles. The third-order valence-electron chi connectivity index (χ3n) is 7.15. The fourth-order valence-corrected chi connectivity index (χ4v) is 6.28. The maximum Gasteiger partial charge on any atom is 0.335 e. The quantitative estimate of drug-likeness (QED) is 0.382. The Morgan fingerprint density at radius 3 is 2.13 bits per heavy atom. The van der Waals surface area contributed by atoms with Gasteiger partial charge in [-0.25, -0.2) is 17.9 Å². The summed E-state index contributed by atoms with van der Waals surface area (Å²) < 4.78 is 27.8. The van der Waals surface area contributed by atoms with Crippen LogP contribution >= 0.6 is 0 Å². The molecule has 0 amide bonds. The molecule has 204 valence electrons. The molecule has 39 heavy (non-hydrogen) atoms. The van der Waals surface area contributed by atoms with Gasteiger partial charge in [0.2, 0.25) is 10.0 Å². The van der Waals surface area contributed by atoms with E-state index in [1.807, 2.05) is 6.07 Å². The topological polar surface area (TPSA) is 98.7 Å². The first-order chi connectivity index (χ1) is 18.9. The summed E-state index contributed by atoms with van der Waals surface area (Å²) in [7, 11) is -3.50. The first kappa shape index (κ1) is 28.4. The Morgan fingerprint density at radius 1 is 0.923 bits per heavy atom. The summed E-state index contributed by atoms with van der Waals surface area (Å²) >= 11 is 0. The molecule has 1 aliphatic heterocycles. The van der Waals surface area contributed by atoms with Crippen molar-refractivity contribution >= 4 is 16.0 Å². The second-order valence-corrected chi connectivity index (χ2v) is 11.5. The van der Waals surface area contributed by atoms with Gasteiger partial charge >= 0.3 is 5.97 Å². The van der Waals surface area contributed by atoms with Gasteiger partial charge in [0, 0.05) is 31.7 Å². The van der Waals surface area contributed by atoms with Crippen molar-refractivity contribution in [3.05, 3.63) is 90.0 Å². The van der Waals surface area contributed by atoms with Gasteiger partial charge < -0.3 is 15.3 Å². The Kier molecular flexibility index (Phi) is 9.77. The monoisotopic (exact) mass is 545 g/mol. The summed E-state index contributed by atoms with van der Waals surface area (Å²) in [5.41, 5.74) is 3.19. The van der Waals surface area contributed by atoms with Gasteiger partial charge in [-0.3, -0.25) is 0 Å². The lowest BCUT2D eigenvalue weighted by molar-refractivity contribution is 0.0697. The van der Waals surface area contributed by atoms with E-state index >= 15 is 0 Å². The zero-order valence-electron chi connectivity index (χ0n) is 21.9. The SMILES string of the molecule is C#CN1CCNC[C@@H]1c1ccccc1.O=C(O)c1ccc(-c2ccc(S(=O)(=O)NC3CCCCC3)cc2)cc1. The molecule has 1 atom stereocenters. The predicted octanol–water partition coefficient (Wildman–Crippen LogP) is 4.89. The number of carboxylic acid groups (broad SMARTS) is 1. The second-order valence-electron chi connectivity index (χ2n) is 9.82. The van der Waals surface area contributed by atoms with Crippen LogP contribution in [0, 0.1) is 12.5 Å². The molecule has 0 unspecified atom stereocenters. The summed E-state index contributed by atoms with van der Waals surface area (Å²) in [6, 6.07) is 26.7. The molecule has 5 rings (SSSR count). The van der Waals surface area contributed by atoms with Crippen molar-refractivity contribution in [2.75, 3.05) is 19.6 Å². The van der Waals surface area contributed by atoms with E-state index in [1.54, 1.807) is 36.4 Å². The Bertz CT molecular complexity index is 1360. The highest BCUT2D eigenvalue weighted by Gasteiger charge is 2.22. The third kappa shape index (κ3) is 7.70. The van der Waals surface area contributed by atoms with Gasteiger partial charge in [-0.2, -0.15) is 0 Å². The Hall–Kier alpha value is -3.64. The minimum atomic E-state index is -3.50.